The number of halogens is 1. The normalized spacial score (nSPS) is 12.6. The Morgan fingerprint density at radius 3 is 2.28 bits per heavy atom. The topological polar surface area (TPSA) is 63.3 Å². The maximum Gasteiger partial charge on any atom is 0.333 e. The minimum Gasteiger partial charge on any atom is -0.478 e. The summed E-state index contributed by atoms with van der Waals surface area (Å²) in [6.45, 7) is 7.59. The molecule has 98 valence electrons. The Kier molecular flexibility index (Phi) is 4.57. The number of carbonyl (C=O) groups is 1. The molecule has 1 aromatic rings. The fourth-order valence-corrected chi connectivity index (χ4v) is 2.33. The van der Waals surface area contributed by atoms with Crippen molar-refractivity contribution in [2.45, 2.75) is 27.7 Å². The van der Waals surface area contributed by atoms with Crippen molar-refractivity contribution in [3.63, 3.8) is 0 Å². The van der Waals surface area contributed by atoms with Crippen LogP contribution in [0.4, 0.5) is 0 Å². The number of carboxylic acid groups (broad SMARTS) is 1. The first-order valence-corrected chi connectivity index (χ1v) is 6.55. The maximum atomic E-state index is 11.3. The first-order chi connectivity index (χ1) is 8.27. The highest BCUT2D eigenvalue weighted by molar-refractivity contribution is 9.10. The third kappa shape index (κ3) is 2.75. The zero-order valence-electron chi connectivity index (χ0n) is 11.0. The van der Waals surface area contributed by atoms with Gasteiger partial charge in [0.15, 0.2) is 0 Å². The van der Waals surface area contributed by atoms with Crippen molar-refractivity contribution in [1.82, 2.24) is 0 Å². The zero-order valence-corrected chi connectivity index (χ0v) is 12.6. The van der Waals surface area contributed by atoms with Crippen molar-refractivity contribution in [2.75, 3.05) is 0 Å². The van der Waals surface area contributed by atoms with Crippen LogP contribution in [0.2, 0.25) is 0 Å². The third-order valence-corrected chi connectivity index (χ3v) is 3.97. The van der Waals surface area contributed by atoms with E-state index in [2.05, 4.69) is 15.9 Å². The fourth-order valence-electron chi connectivity index (χ4n) is 1.90. The molecular formula is C14H18BrNO2. The molecule has 3 N–H and O–H groups in total. The van der Waals surface area contributed by atoms with Crippen LogP contribution in [0.15, 0.2) is 22.2 Å². The number of carboxylic acids is 1. The SMILES string of the molecule is Cc1c(Br)ccc(/C(N)=C(\C(=O)O)C(C)C)c1C. The van der Waals surface area contributed by atoms with Gasteiger partial charge >= 0.3 is 5.97 Å². The van der Waals surface area contributed by atoms with Crippen molar-refractivity contribution in [1.29, 1.82) is 0 Å². The van der Waals surface area contributed by atoms with E-state index in [0.29, 0.717) is 5.70 Å². The monoisotopic (exact) mass is 311 g/mol. The van der Waals surface area contributed by atoms with Crippen LogP contribution < -0.4 is 5.73 Å². The molecule has 0 aliphatic rings. The molecule has 0 bridgehead atoms. The van der Waals surface area contributed by atoms with Crippen LogP contribution in [0.3, 0.4) is 0 Å². The lowest BCUT2D eigenvalue weighted by atomic mass is 9.94. The van der Waals surface area contributed by atoms with Gasteiger partial charge in [-0.3, -0.25) is 0 Å². The lowest BCUT2D eigenvalue weighted by molar-refractivity contribution is -0.133. The highest BCUT2D eigenvalue weighted by Gasteiger charge is 2.19. The Bertz CT molecular complexity index is 519. The highest BCUT2D eigenvalue weighted by Crippen LogP contribution is 2.28. The van der Waals surface area contributed by atoms with E-state index in [9.17, 15) is 9.90 Å². The smallest absolute Gasteiger partial charge is 0.333 e. The van der Waals surface area contributed by atoms with Gasteiger partial charge in [-0.25, -0.2) is 4.79 Å². The van der Waals surface area contributed by atoms with Crippen molar-refractivity contribution < 1.29 is 9.90 Å². The van der Waals surface area contributed by atoms with Crippen LogP contribution in [0, 0.1) is 19.8 Å². The lowest BCUT2D eigenvalue weighted by Crippen LogP contribution is -2.15. The Balaban J connectivity index is 3.51. The summed E-state index contributed by atoms with van der Waals surface area (Å²) in [5, 5.41) is 9.24. The lowest BCUT2D eigenvalue weighted by Gasteiger charge is -2.15. The van der Waals surface area contributed by atoms with Gasteiger partial charge in [0.05, 0.1) is 5.57 Å². The maximum absolute atomic E-state index is 11.3. The molecule has 0 heterocycles. The summed E-state index contributed by atoms with van der Waals surface area (Å²) in [5.74, 6) is -1.08. The van der Waals surface area contributed by atoms with Crippen molar-refractivity contribution in [3.8, 4) is 0 Å². The third-order valence-electron chi connectivity index (χ3n) is 3.11. The van der Waals surface area contributed by atoms with Crippen LogP contribution in [0.5, 0.6) is 0 Å². The summed E-state index contributed by atoms with van der Waals surface area (Å²) in [6, 6.07) is 3.75. The molecule has 0 spiro atoms. The van der Waals surface area contributed by atoms with Gasteiger partial charge in [-0.05, 0) is 37.0 Å². The summed E-state index contributed by atoms with van der Waals surface area (Å²) < 4.78 is 0.998. The average Bonchev–Trinajstić information content (AvgIpc) is 2.24. The average molecular weight is 312 g/mol. The van der Waals surface area contributed by atoms with E-state index >= 15 is 0 Å². The van der Waals surface area contributed by atoms with E-state index < -0.39 is 5.97 Å². The second-order valence-electron chi connectivity index (χ2n) is 4.63. The number of aliphatic carboxylic acids is 1. The summed E-state index contributed by atoms with van der Waals surface area (Å²) in [6.07, 6.45) is 0. The molecule has 0 atom stereocenters. The number of hydrogen-bond donors (Lipinski definition) is 2. The Labute approximate surface area is 116 Å². The molecule has 0 aliphatic carbocycles. The van der Waals surface area contributed by atoms with Crippen LogP contribution >= 0.6 is 15.9 Å². The molecule has 0 aliphatic heterocycles. The van der Waals surface area contributed by atoms with Gasteiger partial charge < -0.3 is 10.8 Å². The molecule has 1 rings (SSSR count). The largest absolute Gasteiger partial charge is 0.478 e. The second kappa shape index (κ2) is 5.57. The molecule has 1 aromatic carbocycles. The first-order valence-electron chi connectivity index (χ1n) is 5.76. The van der Waals surface area contributed by atoms with Gasteiger partial charge in [0.2, 0.25) is 0 Å². The summed E-state index contributed by atoms with van der Waals surface area (Å²) in [5.41, 5.74) is 9.53. The number of nitrogens with two attached hydrogens (primary N) is 1. The molecule has 0 fully saturated rings. The molecule has 0 saturated heterocycles. The molecule has 18 heavy (non-hydrogen) atoms. The van der Waals surface area contributed by atoms with E-state index in [4.69, 9.17) is 5.73 Å². The minimum absolute atomic E-state index is 0.120. The molecule has 0 saturated carbocycles. The van der Waals surface area contributed by atoms with Crippen LogP contribution in [-0.2, 0) is 4.79 Å². The quantitative estimate of drug-likeness (QED) is 0.840. The van der Waals surface area contributed by atoms with E-state index in [1.165, 1.54) is 0 Å². The molecule has 0 radical (unpaired) electrons. The van der Waals surface area contributed by atoms with Gasteiger partial charge in [0.25, 0.3) is 0 Å². The van der Waals surface area contributed by atoms with Crippen LogP contribution in [0.1, 0.15) is 30.5 Å². The molecule has 4 heteroatoms. The van der Waals surface area contributed by atoms with E-state index in [1.807, 2.05) is 39.8 Å². The first kappa shape index (κ1) is 14.8. The van der Waals surface area contributed by atoms with Crippen LogP contribution in [-0.4, -0.2) is 11.1 Å². The molecule has 0 amide bonds. The van der Waals surface area contributed by atoms with E-state index in [-0.39, 0.29) is 11.5 Å². The number of benzene rings is 1. The molecule has 0 aromatic heterocycles. The van der Waals surface area contributed by atoms with Gasteiger partial charge in [0, 0.05) is 15.7 Å². The Hall–Kier alpha value is -1.29. The minimum atomic E-state index is -0.956. The van der Waals surface area contributed by atoms with E-state index in [1.54, 1.807) is 0 Å². The molecule has 3 nitrogen and oxygen atoms in total. The predicted octanol–water partition coefficient (Wildman–Crippen LogP) is 3.48. The molecule has 0 unspecified atom stereocenters. The highest BCUT2D eigenvalue weighted by atomic mass is 79.9. The Morgan fingerprint density at radius 2 is 1.83 bits per heavy atom. The van der Waals surface area contributed by atoms with Crippen molar-refractivity contribution >= 4 is 27.6 Å². The Morgan fingerprint density at radius 1 is 1.28 bits per heavy atom. The van der Waals surface area contributed by atoms with Gasteiger partial charge in [-0.1, -0.05) is 35.8 Å². The number of hydrogen-bond acceptors (Lipinski definition) is 2. The van der Waals surface area contributed by atoms with Gasteiger partial charge in [0.1, 0.15) is 0 Å². The predicted molar refractivity (Wildman–Crippen MR) is 77.2 cm³/mol. The summed E-state index contributed by atoms with van der Waals surface area (Å²) >= 11 is 3.45. The summed E-state index contributed by atoms with van der Waals surface area (Å²) in [4.78, 5) is 11.3. The van der Waals surface area contributed by atoms with Crippen LogP contribution in [0.25, 0.3) is 5.70 Å². The van der Waals surface area contributed by atoms with Crippen molar-refractivity contribution in [3.05, 3.63) is 38.9 Å². The second-order valence-corrected chi connectivity index (χ2v) is 5.49. The van der Waals surface area contributed by atoms with E-state index in [0.717, 1.165) is 21.2 Å². The van der Waals surface area contributed by atoms with Crippen molar-refractivity contribution in [2.24, 2.45) is 11.7 Å². The standard InChI is InChI=1S/C14H18BrNO2/c1-7(2)12(14(17)18)13(16)10-5-6-11(15)9(4)8(10)3/h5-7H,16H2,1-4H3,(H,17,18)/b13-12+. The fraction of sp³-hybridized carbons (Fsp3) is 0.357. The summed E-state index contributed by atoms with van der Waals surface area (Å²) in [7, 11) is 0. The molecular weight excluding hydrogens is 294 g/mol. The number of rotatable bonds is 3. The van der Waals surface area contributed by atoms with Gasteiger partial charge in [-0.2, -0.15) is 0 Å². The van der Waals surface area contributed by atoms with Gasteiger partial charge in [-0.15, -0.1) is 0 Å². The zero-order chi connectivity index (χ0) is 14.0.